The number of likely N-dealkylation sites (tertiary alicyclic amines) is 1. The van der Waals surface area contributed by atoms with Crippen LogP contribution in [0.1, 0.15) is 52.1 Å². The second-order valence-corrected chi connectivity index (χ2v) is 5.69. The molecule has 1 saturated heterocycles. The fourth-order valence-corrected chi connectivity index (χ4v) is 3.20. The Balaban J connectivity index is 1.94. The average Bonchev–Trinajstić information content (AvgIpc) is 3.11. The number of nitrogens with zero attached hydrogens (tertiary/aromatic N) is 4. The molecule has 0 aliphatic carbocycles. The third-order valence-electron chi connectivity index (χ3n) is 4.26. The molecule has 6 heteroatoms. The van der Waals surface area contributed by atoms with Gasteiger partial charge in [0, 0.05) is 30.9 Å². The molecular weight excluding hydrogens is 268 g/mol. The smallest absolute Gasteiger partial charge is 0.276 e. The van der Waals surface area contributed by atoms with Crippen LogP contribution in [0.3, 0.4) is 0 Å². The summed E-state index contributed by atoms with van der Waals surface area (Å²) < 4.78 is 6.90. The maximum atomic E-state index is 12.6. The van der Waals surface area contributed by atoms with Gasteiger partial charge >= 0.3 is 0 Å². The Labute approximate surface area is 123 Å². The van der Waals surface area contributed by atoms with Crippen LogP contribution < -0.4 is 0 Å². The molecule has 0 N–H and O–H groups in total. The summed E-state index contributed by atoms with van der Waals surface area (Å²) in [7, 11) is 1.94. The third-order valence-corrected chi connectivity index (χ3v) is 4.26. The van der Waals surface area contributed by atoms with Gasteiger partial charge in [0.15, 0.2) is 5.69 Å². The lowest BCUT2D eigenvalue weighted by molar-refractivity contribution is 0.0724. The van der Waals surface area contributed by atoms with E-state index in [9.17, 15) is 4.79 Å². The lowest BCUT2D eigenvalue weighted by Gasteiger charge is -2.24. The molecule has 0 bridgehead atoms. The molecule has 1 fully saturated rings. The van der Waals surface area contributed by atoms with Gasteiger partial charge in [0.2, 0.25) is 0 Å². The quantitative estimate of drug-likeness (QED) is 0.850. The van der Waals surface area contributed by atoms with Crippen molar-refractivity contribution in [3.63, 3.8) is 0 Å². The normalized spacial score (nSPS) is 18.5. The van der Waals surface area contributed by atoms with Crippen LogP contribution in [-0.2, 0) is 7.05 Å². The summed E-state index contributed by atoms with van der Waals surface area (Å²) in [6.07, 6.45) is 1.97. The highest BCUT2D eigenvalue weighted by molar-refractivity contribution is 5.92. The van der Waals surface area contributed by atoms with Crippen molar-refractivity contribution in [3.8, 4) is 0 Å². The van der Waals surface area contributed by atoms with Crippen LogP contribution in [0.15, 0.2) is 10.6 Å². The molecule has 0 radical (unpaired) electrons. The second-order valence-electron chi connectivity index (χ2n) is 5.69. The van der Waals surface area contributed by atoms with E-state index in [1.54, 1.807) is 13.0 Å². The van der Waals surface area contributed by atoms with E-state index in [4.69, 9.17) is 4.52 Å². The molecule has 1 atom stereocenters. The van der Waals surface area contributed by atoms with E-state index in [-0.39, 0.29) is 11.9 Å². The predicted molar refractivity (Wildman–Crippen MR) is 76.9 cm³/mol. The Morgan fingerprint density at radius 2 is 2.14 bits per heavy atom. The zero-order valence-corrected chi connectivity index (χ0v) is 12.9. The zero-order valence-electron chi connectivity index (χ0n) is 12.9. The van der Waals surface area contributed by atoms with Gasteiger partial charge < -0.3 is 9.42 Å². The van der Waals surface area contributed by atoms with E-state index in [1.807, 2.05) is 23.6 Å². The van der Waals surface area contributed by atoms with Crippen LogP contribution in [0.25, 0.3) is 0 Å². The minimum absolute atomic E-state index is 0.0583. The second kappa shape index (κ2) is 5.02. The largest absolute Gasteiger partial charge is 0.361 e. The highest BCUT2D eigenvalue weighted by Gasteiger charge is 2.34. The molecular formula is C15H20N4O2. The Morgan fingerprint density at radius 1 is 1.38 bits per heavy atom. The van der Waals surface area contributed by atoms with Gasteiger partial charge in [-0.05, 0) is 33.6 Å². The lowest BCUT2D eigenvalue weighted by atomic mass is 10.0. The summed E-state index contributed by atoms with van der Waals surface area (Å²) in [5, 5.41) is 8.32. The molecule has 1 aliphatic rings. The molecule has 6 nitrogen and oxygen atoms in total. The van der Waals surface area contributed by atoms with E-state index in [0.29, 0.717) is 11.5 Å². The van der Waals surface area contributed by atoms with Gasteiger partial charge in [0.05, 0.1) is 11.7 Å². The molecule has 0 saturated carbocycles. The first-order chi connectivity index (χ1) is 9.99. The number of hydrogen-bond acceptors (Lipinski definition) is 4. The molecule has 3 heterocycles. The summed E-state index contributed by atoms with van der Waals surface area (Å²) in [6.45, 7) is 6.60. The van der Waals surface area contributed by atoms with Crippen molar-refractivity contribution in [2.24, 2.45) is 7.05 Å². The number of aryl methyl sites for hydroxylation is 3. The number of rotatable bonds is 2. The van der Waals surface area contributed by atoms with Crippen molar-refractivity contribution < 1.29 is 9.32 Å². The van der Waals surface area contributed by atoms with Crippen molar-refractivity contribution in [1.29, 1.82) is 0 Å². The number of carbonyl (C=O) groups excluding carboxylic acids is 1. The average molecular weight is 288 g/mol. The third kappa shape index (κ3) is 2.24. The Bertz CT molecular complexity index is 686. The van der Waals surface area contributed by atoms with Crippen LogP contribution >= 0.6 is 0 Å². The standard InChI is InChI=1S/C15H20N4O2/c1-9-8-12(17-21-9)15(20)19-7-5-6-13(19)14-10(2)16-18(4)11(14)3/h8,13H,5-7H2,1-4H3/t13-/m1/s1. The van der Waals surface area contributed by atoms with Crippen molar-refractivity contribution in [2.45, 2.75) is 39.7 Å². The van der Waals surface area contributed by atoms with Crippen molar-refractivity contribution in [1.82, 2.24) is 19.8 Å². The summed E-state index contributed by atoms with van der Waals surface area (Å²) in [6, 6.07) is 1.78. The van der Waals surface area contributed by atoms with Crippen LogP contribution in [0.5, 0.6) is 0 Å². The van der Waals surface area contributed by atoms with Gasteiger partial charge in [-0.3, -0.25) is 9.48 Å². The minimum atomic E-state index is -0.0583. The number of carbonyl (C=O) groups is 1. The van der Waals surface area contributed by atoms with Crippen LogP contribution in [0, 0.1) is 20.8 Å². The number of aromatic nitrogens is 3. The fourth-order valence-electron chi connectivity index (χ4n) is 3.20. The molecule has 1 amide bonds. The van der Waals surface area contributed by atoms with E-state index < -0.39 is 0 Å². The summed E-state index contributed by atoms with van der Waals surface area (Å²) in [5.74, 6) is 0.597. The van der Waals surface area contributed by atoms with Gasteiger partial charge in [-0.1, -0.05) is 5.16 Å². The molecule has 2 aromatic heterocycles. The van der Waals surface area contributed by atoms with Crippen LogP contribution in [0.4, 0.5) is 0 Å². The Morgan fingerprint density at radius 3 is 2.71 bits per heavy atom. The molecule has 2 aromatic rings. The predicted octanol–water partition coefficient (Wildman–Crippen LogP) is 2.31. The molecule has 3 rings (SSSR count). The van der Waals surface area contributed by atoms with Gasteiger partial charge in [0.1, 0.15) is 5.76 Å². The minimum Gasteiger partial charge on any atom is -0.361 e. The summed E-state index contributed by atoms with van der Waals surface area (Å²) in [5.41, 5.74) is 3.67. The maximum absolute atomic E-state index is 12.6. The van der Waals surface area contributed by atoms with Crippen molar-refractivity contribution >= 4 is 5.91 Å². The molecule has 21 heavy (non-hydrogen) atoms. The molecule has 1 aliphatic heterocycles. The van der Waals surface area contributed by atoms with Crippen molar-refractivity contribution in [2.75, 3.05) is 6.54 Å². The summed E-state index contributed by atoms with van der Waals surface area (Å²) >= 11 is 0. The SMILES string of the molecule is Cc1cc(C(=O)N2CCC[C@@H]2c2c(C)nn(C)c2C)no1. The molecule has 112 valence electrons. The summed E-state index contributed by atoms with van der Waals surface area (Å²) in [4.78, 5) is 14.5. The first-order valence-electron chi connectivity index (χ1n) is 7.23. The van der Waals surface area contributed by atoms with Gasteiger partial charge in [-0.2, -0.15) is 5.10 Å². The van der Waals surface area contributed by atoms with Gasteiger partial charge in [-0.15, -0.1) is 0 Å². The Hall–Kier alpha value is -2.11. The monoisotopic (exact) mass is 288 g/mol. The molecule has 0 aromatic carbocycles. The number of amides is 1. The van der Waals surface area contributed by atoms with E-state index in [1.165, 1.54) is 5.56 Å². The van der Waals surface area contributed by atoms with Crippen LogP contribution in [0.2, 0.25) is 0 Å². The fraction of sp³-hybridized carbons (Fsp3) is 0.533. The maximum Gasteiger partial charge on any atom is 0.276 e. The first-order valence-corrected chi connectivity index (χ1v) is 7.23. The van der Waals surface area contributed by atoms with Crippen molar-refractivity contribution in [3.05, 3.63) is 34.5 Å². The first kappa shape index (κ1) is 13.9. The topological polar surface area (TPSA) is 64.2 Å². The molecule has 0 unspecified atom stereocenters. The lowest BCUT2D eigenvalue weighted by Crippen LogP contribution is -2.31. The Kier molecular flexibility index (Phi) is 3.31. The van der Waals surface area contributed by atoms with Gasteiger partial charge in [-0.25, -0.2) is 0 Å². The van der Waals surface area contributed by atoms with E-state index >= 15 is 0 Å². The van der Waals surface area contributed by atoms with E-state index in [0.717, 1.165) is 30.8 Å². The highest BCUT2D eigenvalue weighted by atomic mass is 16.5. The van der Waals surface area contributed by atoms with E-state index in [2.05, 4.69) is 17.2 Å². The van der Waals surface area contributed by atoms with Crippen LogP contribution in [-0.4, -0.2) is 32.3 Å². The number of hydrogen-bond donors (Lipinski definition) is 0. The van der Waals surface area contributed by atoms with Gasteiger partial charge in [0.25, 0.3) is 5.91 Å². The molecule has 0 spiro atoms. The highest BCUT2D eigenvalue weighted by Crippen LogP contribution is 2.36. The zero-order chi connectivity index (χ0) is 15.1.